The molecule has 0 saturated carbocycles. The molecule has 1 atom stereocenters. The lowest BCUT2D eigenvalue weighted by Gasteiger charge is -2.31. The molecule has 1 aliphatic heterocycles. The average Bonchev–Trinajstić information content (AvgIpc) is 3.30. The van der Waals surface area contributed by atoms with Gasteiger partial charge in [-0.15, -0.1) is 0 Å². The van der Waals surface area contributed by atoms with Crippen LogP contribution in [0.5, 0.6) is 0 Å². The molecular weight excluding hydrogens is 324 g/mol. The van der Waals surface area contributed by atoms with Crippen molar-refractivity contribution in [1.82, 2.24) is 19.6 Å². The van der Waals surface area contributed by atoms with E-state index in [0.29, 0.717) is 11.7 Å². The van der Waals surface area contributed by atoms with E-state index in [-0.39, 0.29) is 5.91 Å². The van der Waals surface area contributed by atoms with Gasteiger partial charge in [-0.25, -0.2) is 0 Å². The van der Waals surface area contributed by atoms with Gasteiger partial charge in [-0.1, -0.05) is 30.3 Å². The highest BCUT2D eigenvalue weighted by molar-refractivity contribution is 5.93. The molecule has 1 fully saturated rings. The zero-order valence-electron chi connectivity index (χ0n) is 15.8. The lowest BCUT2D eigenvalue weighted by molar-refractivity contribution is 0.0819. The third-order valence-corrected chi connectivity index (χ3v) is 5.76. The number of aromatic nitrogens is 2. The van der Waals surface area contributed by atoms with Crippen molar-refractivity contribution in [3.63, 3.8) is 0 Å². The fraction of sp³-hybridized carbons (Fsp3) is 0.524. The second kappa shape index (κ2) is 7.23. The van der Waals surface area contributed by atoms with E-state index in [1.165, 1.54) is 49.2 Å². The number of carbonyl (C=O) groups is 1. The van der Waals surface area contributed by atoms with Gasteiger partial charge in [0, 0.05) is 31.4 Å². The number of hydrogen-bond donors (Lipinski definition) is 0. The quantitative estimate of drug-likeness (QED) is 0.849. The normalized spacial score (nSPS) is 20.2. The van der Waals surface area contributed by atoms with Crippen LogP contribution in [0.2, 0.25) is 0 Å². The third-order valence-electron chi connectivity index (χ3n) is 5.76. The zero-order chi connectivity index (χ0) is 18.1. The molecule has 1 aromatic carbocycles. The molecule has 1 saturated heterocycles. The van der Waals surface area contributed by atoms with Crippen LogP contribution in [0, 0.1) is 0 Å². The molecule has 1 unspecified atom stereocenters. The molecule has 5 nitrogen and oxygen atoms in total. The van der Waals surface area contributed by atoms with Gasteiger partial charge in [0.05, 0.1) is 6.54 Å². The summed E-state index contributed by atoms with van der Waals surface area (Å²) in [5.74, 6) is 0.0233. The molecule has 2 aromatic rings. The van der Waals surface area contributed by atoms with Crippen LogP contribution >= 0.6 is 0 Å². The van der Waals surface area contributed by atoms with Crippen LogP contribution in [0.4, 0.5) is 0 Å². The standard InChI is InChI=1S/C21H28N4O/c1-23(2)21(26)20-18-14-17(24-12-6-7-13-24)10-11-19(18)25(22-20)15-16-8-4-3-5-9-16/h3-5,8-9,17H,6-7,10-15H2,1-2H3. The maximum absolute atomic E-state index is 12.7. The summed E-state index contributed by atoms with van der Waals surface area (Å²) in [4.78, 5) is 17.0. The van der Waals surface area contributed by atoms with Crippen LogP contribution in [-0.2, 0) is 19.4 Å². The molecule has 138 valence electrons. The Morgan fingerprint density at radius 3 is 2.62 bits per heavy atom. The number of amides is 1. The highest BCUT2D eigenvalue weighted by Crippen LogP contribution is 2.30. The minimum absolute atomic E-state index is 0.0233. The number of hydrogen-bond acceptors (Lipinski definition) is 3. The summed E-state index contributed by atoms with van der Waals surface area (Å²) in [5, 5.41) is 4.78. The maximum atomic E-state index is 12.7. The molecule has 2 heterocycles. The van der Waals surface area contributed by atoms with E-state index < -0.39 is 0 Å². The van der Waals surface area contributed by atoms with Crippen LogP contribution in [0.15, 0.2) is 30.3 Å². The monoisotopic (exact) mass is 352 g/mol. The molecule has 0 spiro atoms. The van der Waals surface area contributed by atoms with E-state index >= 15 is 0 Å². The van der Waals surface area contributed by atoms with Crippen molar-refractivity contribution in [2.24, 2.45) is 0 Å². The van der Waals surface area contributed by atoms with Gasteiger partial charge in [0.25, 0.3) is 5.91 Å². The summed E-state index contributed by atoms with van der Waals surface area (Å²) < 4.78 is 2.07. The summed E-state index contributed by atoms with van der Waals surface area (Å²) in [7, 11) is 3.62. The Morgan fingerprint density at radius 2 is 1.92 bits per heavy atom. The van der Waals surface area contributed by atoms with Gasteiger partial charge >= 0.3 is 0 Å². The molecule has 26 heavy (non-hydrogen) atoms. The summed E-state index contributed by atoms with van der Waals surface area (Å²) in [6.45, 7) is 3.14. The second-order valence-corrected chi connectivity index (χ2v) is 7.76. The molecule has 0 N–H and O–H groups in total. The lowest BCUT2D eigenvalue weighted by atomic mass is 9.90. The van der Waals surface area contributed by atoms with E-state index in [1.807, 2.05) is 20.2 Å². The Morgan fingerprint density at radius 1 is 1.19 bits per heavy atom. The third kappa shape index (κ3) is 3.28. The van der Waals surface area contributed by atoms with E-state index in [0.717, 1.165) is 19.4 Å². The van der Waals surface area contributed by atoms with E-state index in [4.69, 9.17) is 5.10 Å². The van der Waals surface area contributed by atoms with Gasteiger partial charge in [0.15, 0.2) is 5.69 Å². The molecule has 4 rings (SSSR count). The van der Waals surface area contributed by atoms with Crippen LogP contribution in [0.3, 0.4) is 0 Å². The fourth-order valence-corrected chi connectivity index (χ4v) is 4.36. The Labute approximate surface area is 155 Å². The minimum Gasteiger partial charge on any atom is -0.343 e. The zero-order valence-corrected chi connectivity index (χ0v) is 15.8. The van der Waals surface area contributed by atoms with Crippen molar-refractivity contribution in [2.75, 3.05) is 27.2 Å². The van der Waals surface area contributed by atoms with Crippen LogP contribution < -0.4 is 0 Å². The van der Waals surface area contributed by atoms with Crippen LogP contribution in [0.25, 0.3) is 0 Å². The molecule has 0 radical (unpaired) electrons. The molecule has 1 aromatic heterocycles. The van der Waals surface area contributed by atoms with Crippen molar-refractivity contribution >= 4 is 5.91 Å². The first-order valence-electron chi connectivity index (χ1n) is 9.71. The van der Waals surface area contributed by atoms with Gasteiger partial charge in [-0.2, -0.15) is 5.10 Å². The first-order valence-corrected chi connectivity index (χ1v) is 9.71. The predicted octanol–water partition coefficient (Wildman–Crippen LogP) is 2.59. The average molecular weight is 352 g/mol. The number of fused-ring (bicyclic) bond motifs is 1. The largest absolute Gasteiger partial charge is 0.343 e. The SMILES string of the molecule is CN(C)C(=O)c1nn(Cc2ccccc2)c2c1CC(N1CCCC1)CC2. The van der Waals surface area contributed by atoms with Crippen LogP contribution in [0.1, 0.15) is 46.6 Å². The van der Waals surface area contributed by atoms with Crippen molar-refractivity contribution in [2.45, 2.75) is 44.7 Å². The molecule has 1 aliphatic carbocycles. The van der Waals surface area contributed by atoms with Gasteiger partial charge in [-0.05, 0) is 50.8 Å². The Balaban J connectivity index is 1.67. The van der Waals surface area contributed by atoms with E-state index in [9.17, 15) is 4.79 Å². The smallest absolute Gasteiger partial charge is 0.274 e. The summed E-state index contributed by atoms with van der Waals surface area (Å²) in [6, 6.07) is 11.0. The highest BCUT2D eigenvalue weighted by atomic mass is 16.2. The molecule has 1 amide bonds. The fourth-order valence-electron chi connectivity index (χ4n) is 4.36. The first-order chi connectivity index (χ1) is 12.6. The van der Waals surface area contributed by atoms with Crippen molar-refractivity contribution in [1.29, 1.82) is 0 Å². The second-order valence-electron chi connectivity index (χ2n) is 7.76. The minimum atomic E-state index is 0.0233. The number of carbonyl (C=O) groups excluding carboxylic acids is 1. The van der Waals surface area contributed by atoms with Crippen molar-refractivity contribution in [3.8, 4) is 0 Å². The summed E-state index contributed by atoms with van der Waals surface area (Å²) in [6.07, 6.45) is 5.75. The topological polar surface area (TPSA) is 41.4 Å². The molecule has 0 bridgehead atoms. The number of nitrogens with zero attached hydrogens (tertiary/aromatic N) is 4. The van der Waals surface area contributed by atoms with Gasteiger partial charge < -0.3 is 9.80 Å². The van der Waals surface area contributed by atoms with Crippen molar-refractivity contribution in [3.05, 3.63) is 52.8 Å². The predicted molar refractivity (Wildman–Crippen MR) is 102 cm³/mol. The van der Waals surface area contributed by atoms with Crippen molar-refractivity contribution < 1.29 is 4.79 Å². The molecular formula is C21H28N4O. The number of benzene rings is 1. The Hall–Kier alpha value is -2.14. The Kier molecular flexibility index (Phi) is 4.81. The number of rotatable bonds is 4. The maximum Gasteiger partial charge on any atom is 0.274 e. The Bertz CT molecular complexity index is 775. The summed E-state index contributed by atoms with van der Waals surface area (Å²) >= 11 is 0. The number of likely N-dealkylation sites (tertiary alicyclic amines) is 1. The first kappa shape index (κ1) is 17.3. The van der Waals surface area contributed by atoms with E-state index in [2.05, 4.69) is 33.8 Å². The van der Waals surface area contributed by atoms with Gasteiger partial charge in [-0.3, -0.25) is 9.48 Å². The van der Waals surface area contributed by atoms with Gasteiger partial charge in [0.1, 0.15) is 0 Å². The summed E-state index contributed by atoms with van der Waals surface area (Å²) in [5.41, 5.74) is 4.32. The highest BCUT2D eigenvalue weighted by Gasteiger charge is 2.33. The molecule has 5 heteroatoms. The van der Waals surface area contributed by atoms with Crippen LogP contribution in [-0.4, -0.2) is 58.7 Å². The van der Waals surface area contributed by atoms with Gasteiger partial charge in [0.2, 0.25) is 0 Å². The molecule has 2 aliphatic rings. The van der Waals surface area contributed by atoms with E-state index in [1.54, 1.807) is 4.90 Å². The lowest BCUT2D eigenvalue weighted by Crippen LogP contribution is -2.38.